The van der Waals surface area contributed by atoms with Gasteiger partial charge in [-0.2, -0.15) is 0 Å². The Morgan fingerprint density at radius 2 is 2.32 bits per heavy atom. The van der Waals surface area contributed by atoms with E-state index in [2.05, 4.69) is 15.0 Å². The van der Waals surface area contributed by atoms with Crippen LogP contribution in [0.4, 0.5) is 5.13 Å². The first-order valence-corrected chi connectivity index (χ1v) is 7.91. The number of carbonyl (C=O) groups excluding carboxylic acids is 1. The van der Waals surface area contributed by atoms with Crippen LogP contribution >= 0.6 is 11.3 Å². The van der Waals surface area contributed by atoms with Gasteiger partial charge >= 0.3 is 5.97 Å². The van der Waals surface area contributed by atoms with E-state index >= 15 is 0 Å². The highest BCUT2D eigenvalue weighted by Crippen LogP contribution is 2.28. The van der Waals surface area contributed by atoms with Gasteiger partial charge in [0.25, 0.3) is 0 Å². The smallest absolute Gasteiger partial charge is 0.311 e. The maximum Gasteiger partial charge on any atom is 0.311 e. The molecule has 0 saturated heterocycles. The molecule has 0 amide bonds. The third-order valence-corrected chi connectivity index (χ3v) is 4.49. The Bertz CT molecular complexity index is 400. The van der Waals surface area contributed by atoms with Gasteiger partial charge in [-0.15, -0.1) is 11.3 Å². The summed E-state index contributed by atoms with van der Waals surface area (Å²) in [6.45, 7) is 0.974. The molecule has 1 aliphatic rings. The van der Waals surface area contributed by atoms with Crippen molar-refractivity contribution in [3.63, 3.8) is 0 Å². The number of hydrogen-bond donors (Lipinski definition) is 1. The van der Waals surface area contributed by atoms with Gasteiger partial charge in [0.2, 0.25) is 0 Å². The topological polar surface area (TPSA) is 51.2 Å². The largest absolute Gasteiger partial charge is 0.469 e. The molecular weight excluding hydrogens is 260 g/mol. The zero-order chi connectivity index (χ0) is 13.5. The average molecular weight is 282 g/mol. The first kappa shape index (κ1) is 14.3. The first-order chi connectivity index (χ1) is 9.28. The number of anilines is 1. The lowest BCUT2D eigenvalue weighted by atomic mass is 10.0. The molecule has 0 atom stereocenters. The maximum atomic E-state index is 11.1. The Morgan fingerprint density at radius 3 is 3.05 bits per heavy atom. The second kappa shape index (κ2) is 7.48. The molecule has 2 rings (SSSR count). The van der Waals surface area contributed by atoms with Gasteiger partial charge in [-0.05, 0) is 18.8 Å². The van der Waals surface area contributed by atoms with Gasteiger partial charge in [-0.1, -0.05) is 25.7 Å². The zero-order valence-corrected chi connectivity index (χ0v) is 12.3. The van der Waals surface area contributed by atoms with Crippen molar-refractivity contribution in [3.8, 4) is 0 Å². The van der Waals surface area contributed by atoms with E-state index in [1.807, 2.05) is 5.38 Å². The molecule has 1 aromatic rings. The molecule has 1 aromatic heterocycles. The van der Waals surface area contributed by atoms with Crippen LogP contribution in [-0.2, 0) is 16.0 Å². The molecular formula is C14H22N2O2S. The Hall–Kier alpha value is -1.10. The minimum atomic E-state index is -0.238. The number of aromatic nitrogens is 1. The van der Waals surface area contributed by atoms with Crippen molar-refractivity contribution in [2.24, 2.45) is 5.92 Å². The van der Waals surface area contributed by atoms with Gasteiger partial charge in [0.1, 0.15) is 0 Å². The van der Waals surface area contributed by atoms with Gasteiger partial charge in [-0.3, -0.25) is 4.79 Å². The Kier molecular flexibility index (Phi) is 5.63. The molecule has 1 N–H and O–H groups in total. The molecule has 0 unspecified atom stereocenters. The second-order valence-corrected chi connectivity index (χ2v) is 5.97. The van der Waals surface area contributed by atoms with Crippen LogP contribution in [0.15, 0.2) is 5.38 Å². The summed E-state index contributed by atoms with van der Waals surface area (Å²) in [5, 5.41) is 6.16. The number of ether oxygens (including phenoxy) is 1. The Balaban J connectivity index is 1.64. The standard InChI is InChI=1S/C14H22N2O2S/c1-18-13(17)9-12-10-19-14(16-12)15-8-4-7-11-5-2-3-6-11/h10-11H,2-9H2,1H3,(H,15,16). The number of nitrogens with one attached hydrogen (secondary N) is 1. The quantitative estimate of drug-likeness (QED) is 0.616. The molecule has 0 radical (unpaired) electrons. The molecule has 19 heavy (non-hydrogen) atoms. The van der Waals surface area contributed by atoms with E-state index < -0.39 is 0 Å². The molecule has 1 saturated carbocycles. The predicted molar refractivity (Wildman–Crippen MR) is 77.5 cm³/mol. The van der Waals surface area contributed by atoms with Crippen molar-refractivity contribution in [2.45, 2.75) is 44.9 Å². The molecule has 0 spiro atoms. The van der Waals surface area contributed by atoms with Crippen molar-refractivity contribution in [1.82, 2.24) is 4.98 Å². The minimum absolute atomic E-state index is 0.238. The lowest BCUT2D eigenvalue weighted by Gasteiger charge is -2.08. The lowest BCUT2D eigenvalue weighted by Crippen LogP contribution is -2.06. The van der Waals surface area contributed by atoms with Crippen LogP contribution in [-0.4, -0.2) is 24.6 Å². The highest BCUT2D eigenvalue weighted by atomic mass is 32.1. The fourth-order valence-corrected chi connectivity index (χ4v) is 3.31. The Labute approximate surface area is 118 Å². The summed E-state index contributed by atoms with van der Waals surface area (Å²) in [5.74, 6) is 0.714. The van der Waals surface area contributed by atoms with Gasteiger partial charge in [-0.25, -0.2) is 4.98 Å². The molecule has 1 heterocycles. The van der Waals surface area contributed by atoms with E-state index in [0.717, 1.165) is 23.3 Å². The van der Waals surface area contributed by atoms with Crippen LogP contribution in [0.1, 0.15) is 44.2 Å². The number of methoxy groups -OCH3 is 1. The number of esters is 1. The van der Waals surface area contributed by atoms with E-state index in [4.69, 9.17) is 0 Å². The zero-order valence-electron chi connectivity index (χ0n) is 11.5. The van der Waals surface area contributed by atoms with Gasteiger partial charge < -0.3 is 10.1 Å². The summed E-state index contributed by atoms with van der Waals surface area (Å²) < 4.78 is 4.62. The van der Waals surface area contributed by atoms with E-state index in [0.29, 0.717) is 0 Å². The number of thiazole rings is 1. The minimum Gasteiger partial charge on any atom is -0.469 e. The van der Waals surface area contributed by atoms with Crippen molar-refractivity contribution in [2.75, 3.05) is 19.0 Å². The summed E-state index contributed by atoms with van der Waals surface area (Å²) in [6.07, 6.45) is 8.46. The number of carbonyl (C=O) groups is 1. The molecule has 1 fully saturated rings. The second-order valence-electron chi connectivity index (χ2n) is 5.12. The van der Waals surface area contributed by atoms with Crippen LogP contribution in [0.5, 0.6) is 0 Å². The third-order valence-electron chi connectivity index (χ3n) is 3.64. The molecule has 0 aromatic carbocycles. The summed E-state index contributed by atoms with van der Waals surface area (Å²) in [7, 11) is 1.40. The first-order valence-electron chi connectivity index (χ1n) is 7.03. The predicted octanol–water partition coefficient (Wildman–Crippen LogP) is 3.24. The van der Waals surface area contributed by atoms with Gasteiger partial charge in [0.05, 0.1) is 19.2 Å². The molecule has 4 nitrogen and oxygen atoms in total. The van der Waals surface area contributed by atoms with Gasteiger partial charge in [0, 0.05) is 11.9 Å². The van der Waals surface area contributed by atoms with Crippen LogP contribution < -0.4 is 5.32 Å². The van der Waals surface area contributed by atoms with E-state index in [1.165, 1.54) is 45.6 Å². The molecule has 1 aliphatic carbocycles. The normalized spacial score (nSPS) is 15.6. The third kappa shape index (κ3) is 4.82. The molecule has 0 aliphatic heterocycles. The van der Waals surface area contributed by atoms with E-state index in [1.54, 1.807) is 11.3 Å². The number of hydrogen-bond acceptors (Lipinski definition) is 5. The van der Waals surface area contributed by atoms with Crippen molar-refractivity contribution < 1.29 is 9.53 Å². The molecule has 106 valence electrons. The van der Waals surface area contributed by atoms with Crippen LogP contribution in [0.3, 0.4) is 0 Å². The van der Waals surface area contributed by atoms with E-state index in [9.17, 15) is 4.79 Å². The average Bonchev–Trinajstić information content (AvgIpc) is 3.06. The number of nitrogens with zero attached hydrogens (tertiary/aromatic N) is 1. The van der Waals surface area contributed by atoms with E-state index in [-0.39, 0.29) is 12.4 Å². The summed E-state index contributed by atoms with van der Waals surface area (Å²) in [6, 6.07) is 0. The fraction of sp³-hybridized carbons (Fsp3) is 0.714. The highest BCUT2D eigenvalue weighted by molar-refractivity contribution is 7.13. The van der Waals surface area contributed by atoms with Crippen molar-refractivity contribution in [3.05, 3.63) is 11.1 Å². The molecule has 5 heteroatoms. The SMILES string of the molecule is COC(=O)Cc1csc(NCCCC2CCCC2)n1. The fourth-order valence-electron chi connectivity index (χ4n) is 2.57. The maximum absolute atomic E-state index is 11.1. The monoisotopic (exact) mass is 282 g/mol. The highest BCUT2D eigenvalue weighted by Gasteiger charge is 2.14. The lowest BCUT2D eigenvalue weighted by molar-refractivity contribution is -0.139. The number of rotatable bonds is 7. The van der Waals surface area contributed by atoms with Crippen molar-refractivity contribution >= 4 is 22.4 Å². The Morgan fingerprint density at radius 1 is 1.53 bits per heavy atom. The van der Waals surface area contributed by atoms with Crippen LogP contribution in [0.25, 0.3) is 0 Å². The van der Waals surface area contributed by atoms with Crippen LogP contribution in [0.2, 0.25) is 0 Å². The summed E-state index contributed by atoms with van der Waals surface area (Å²) in [5.41, 5.74) is 0.787. The van der Waals surface area contributed by atoms with Crippen molar-refractivity contribution in [1.29, 1.82) is 0 Å². The summed E-state index contributed by atoms with van der Waals surface area (Å²) >= 11 is 1.55. The summed E-state index contributed by atoms with van der Waals surface area (Å²) in [4.78, 5) is 15.5. The molecule has 0 bridgehead atoms. The van der Waals surface area contributed by atoms with Crippen LogP contribution in [0, 0.1) is 5.92 Å². The van der Waals surface area contributed by atoms with Gasteiger partial charge in [0.15, 0.2) is 5.13 Å².